The van der Waals surface area contributed by atoms with Gasteiger partial charge in [0, 0.05) is 36.8 Å². The number of aryl methyl sites for hydroxylation is 1. The Morgan fingerprint density at radius 3 is 2.42 bits per heavy atom. The molecule has 0 bridgehead atoms. The van der Waals surface area contributed by atoms with E-state index in [0.717, 1.165) is 29.1 Å². The molecule has 3 aliphatic rings. The highest BCUT2D eigenvalue weighted by molar-refractivity contribution is 8.00. The van der Waals surface area contributed by atoms with Crippen molar-refractivity contribution in [1.29, 1.82) is 0 Å². The molecule has 55 heavy (non-hydrogen) atoms. The summed E-state index contributed by atoms with van der Waals surface area (Å²) in [7, 11) is 0. The van der Waals surface area contributed by atoms with Crippen molar-refractivity contribution in [2.45, 2.75) is 56.8 Å². The van der Waals surface area contributed by atoms with Crippen molar-refractivity contribution in [3.05, 3.63) is 49.4 Å². The fourth-order valence-corrected chi connectivity index (χ4v) is 9.19. The minimum absolute atomic E-state index is 0.0937. The second-order valence-corrected chi connectivity index (χ2v) is 15.8. The zero-order valence-corrected chi connectivity index (χ0v) is 31.2. The smallest absolute Gasteiger partial charge is 0.352 e. The van der Waals surface area contributed by atoms with E-state index in [2.05, 4.69) is 20.6 Å². The molecule has 0 radical (unpaired) electrons. The lowest BCUT2D eigenvalue weighted by Crippen LogP contribution is -2.71. The third-order valence-corrected chi connectivity index (χ3v) is 11.9. The van der Waals surface area contributed by atoms with Gasteiger partial charge < -0.3 is 45.9 Å². The van der Waals surface area contributed by atoms with Crippen molar-refractivity contribution < 1.29 is 58.8 Å². The van der Waals surface area contributed by atoms with Gasteiger partial charge in [0.2, 0.25) is 11.5 Å². The lowest BCUT2D eigenvalue weighted by atomic mass is 10.0. The first-order chi connectivity index (χ1) is 26.0. The zero-order valence-electron chi connectivity index (χ0n) is 28.8. The van der Waals surface area contributed by atoms with E-state index >= 15 is 0 Å². The summed E-state index contributed by atoms with van der Waals surface area (Å²) in [6.45, 7) is 3.66. The van der Waals surface area contributed by atoms with Gasteiger partial charge in [-0.15, -0.1) is 11.8 Å². The highest BCUT2D eigenvalue weighted by atomic mass is 35.5. The number of β-lactam (4-membered cyclic amide) rings is 1. The SMILES string of the molecule is CCn1nc(C[N+]2(CC3=C(C(=O)O)N4C(=O)[C@@H](NC(=O)/C(=N\O[C@@H](CC(=O)O)C(=O)O)c5nc(N)sc5Cl)[C@H]4SC3)CCCC2)c(=O)c2cc(O)c(O)cc21. The molecule has 2 fully saturated rings. The number of nitrogens with one attached hydrogen (secondary N) is 1. The predicted molar refractivity (Wildman–Crippen MR) is 195 cm³/mol. The van der Waals surface area contributed by atoms with E-state index in [9.17, 15) is 49.2 Å². The van der Waals surface area contributed by atoms with Crippen LogP contribution < -0.4 is 16.5 Å². The number of likely N-dealkylation sites (tertiary alicyclic amines) is 1. The van der Waals surface area contributed by atoms with E-state index in [-0.39, 0.29) is 55.3 Å². The zero-order chi connectivity index (χ0) is 39.9. The molecule has 0 aliphatic carbocycles. The minimum Gasteiger partial charge on any atom is -0.504 e. The summed E-state index contributed by atoms with van der Waals surface area (Å²) in [5, 5.41) is 58.8. The number of phenolic OH excluding ortho intramolecular Hbond substituents is 2. The maximum Gasteiger partial charge on any atom is 0.352 e. The van der Waals surface area contributed by atoms with Crippen molar-refractivity contribution in [2.24, 2.45) is 5.16 Å². The largest absolute Gasteiger partial charge is 0.504 e. The standard InChI is InChI=1S/C32H33ClN8O12S2/c1-2-39-16-8-18(43)17(42)7-14(16)25(46)15(37-39)11-41(5-3-4-6-41)10-13-12-54-29-23(28(48)40(29)24(13)31(51)52)35-27(47)22(21-26(33)55-32(34)36-21)38-53-19(30(49)50)9-20(44)45/h7-8,19,23,29H,2-6,9-12H2,1H3,(H7-,34,35,36,37,38,42,43,44,45,46,47,49,50,51,52)/p+1/t19-,23+,29+/m0/s1. The average molecular weight is 822 g/mol. The Kier molecular flexibility index (Phi) is 11.0. The van der Waals surface area contributed by atoms with Gasteiger partial charge in [0.25, 0.3) is 11.8 Å². The van der Waals surface area contributed by atoms with Crippen LogP contribution in [0.15, 0.2) is 33.4 Å². The van der Waals surface area contributed by atoms with E-state index in [0.29, 0.717) is 30.7 Å². The molecule has 3 aromatic rings. The molecule has 0 unspecified atom stereocenters. The van der Waals surface area contributed by atoms with Crippen molar-refractivity contribution in [3.8, 4) is 11.5 Å². The number of carboxylic acid groups (broad SMARTS) is 3. The van der Waals surface area contributed by atoms with E-state index in [4.69, 9.17) is 27.3 Å². The Morgan fingerprint density at radius 2 is 1.82 bits per heavy atom. The molecule has 3 atom stereocenters. The van der Waals surface area contributed by atoms with Crippen LogP contribution in [0.5, 0.6) is 11.5 Å². The molecule has 5 heterocycles. The molecule has 1 aromatic carbocycles. The first-order valence-electron chi connectivity index (χ1n) is 16.7. The highest BCUT2D eigenvalue weighted by Crippen LogP contribution is 2.42. The van der Waals surface area contributed by atoms with Crippen molar-refractivity contribution in [2.75, 3.05) is 31.1 Å². The monoisotopic (exact) mass is 821 g/mol. The van der Waals surface area contributed by atoms with Crippen molar-refractivity contribution >= 4 is 86.2 Å². The van der Waals surface area contributed by atoms with Gasteiger partial charge in [0.1, 0.15) is 40.2 Å². The van der Waals surface area contributed by atoms with Crippen LogP contribution in [-0.2, 0) is 41.9 Å². The molecule has 8 N–H and O–H groups in total. The number of nitrogens with two attached hydrogens (primary N) is 1. The minimum atomic E-state index is -2.00. The quantitative estimate of drug-likeness (QED) is 0.0387. The summed E-state index contributed by atoms with van der Waals surface area (Å²) in [5.41, 5.74) is 4.98. The molecule has 3 aliphatic heterocycles. The first-order valence-corrected chi connectivity index (χ1v) is 18.9. The molecule has 2 aromatic heterocycles. The third kappa shape index (κ3) is 7.61. The van der Waals surface area contributed by atoms with Gasteiger partial charge in [-0.1, -0.05) is 28.1 Å². The number of rotatable bonds is 14. The normalized spacial score (nSPS) is 19.9. The summed E-state index contributed by atoms with van der Waals surface area (Å²) in [4.78, 5) is 86.2. The number of aliphatic carboxylic acids is 3. The number of halogens is 1. The van der Waals surface area contributed by atoms with E-state index in [1.54, 1.807) is 4.68 Å². The molecule has 20 nitrogen and oxygen atoms in total. The number of hydrogen-bond donors (Lipinski definition) is 7. The van der Waals surface area contributed by atoms with Crippen LogP contribution in [0.25, 0.3) is 10.9 Å². The second kappa shape index (κ2) is 15.4. The Morgan fingerprint density at radius 1 is 1.13 bits per heavy atom. The summed E-state index contributed by atoms with van der Waals surface area (Å²) in [5.74, 6) is -7.16. The Bertz CT molecular complexity index is 2250. The number of benzene rings is 1. The van der Waals surface area contributed by atoms with Gasteiger partial charge in [0.15, 0.2) is 28.0 Å². The lowest BCUT2D eigenvalue weighted by molar-refractivity contribution is -0.925. The van der Waals surface area contributed by atoms with Crippen LogP contribution in [0.1, 0.15) is 37.6 Å². The molecule has 0 saturated carbocycles. The number of carbonyl (C=O) groups excluding carboxylic acids is 2. The number of hydrogen-bond acceptors (Lipinski definition) is 15. The van der Waals surface area contributed by atoms with Gasteiger partial charge in [-0.05, 0) is 13.0 Å². The van der Waals surface area contributed by atoms with Crippen molar-refractivity contribution in [3.63, 3.8) is 0 Å². The van der Waals surface area contributed by atoms with E-state index < -0.39 is 76.3 Å². The molecule has 292 valence electrons. The number of thiazole rings is 1. The van der Waals surface area contributed by atoms with Crippen molar-refractivity contribution in [1.82, 2.24) is 25.0 Å². The molecular weight excluding hydrogens is 788 g/mol. The fraction of sp³-hybridized carbons (Fsp3) is 0.406. The van der Waals surface area contributed by atoms with Gasteiger partial charge in [0.05, 0.1) is 30.4 Å². The van der Waals surface area contributed by atoms with Crippen LogP contribution in [0.3, 0.4) is 0 Å². The van der Waals surface area contributed by atoms with E-state index in [1.165, 1.54) is 23.9 Å². The summed E-state index contributed by atoms with van der Waals surface area (Å²) in [6, 6.07) is 1.19. The maximum absolute atomic E-state index is 13.7. The number of nitrogen functional groups attached to an aromatic ring is 1. The first kappa shape index (κ1) is 39.2. The van der Waals surface area contributed by atoms with E-state index in [1.807, 2.05) is 6.92 Å². The molecule has 6 rings (SSSR count). The molecule has 2 amide bonds. The average Bonchev–Trinajstić information content (AvgIpc) is 3.72. The van der Waals surface area contributed by atoms with Gasteiger partial charge in [-0.3, -0.25) is 28.8 Å². The maximum atomic E-state index is 13.7. The Labute approximate surface area is 323 Å². The summed E-state index contributed by atoms with van der Waals surface area (Å²) in [6.07, 6.45) is -1.43. The highest BCUT2D eigenvalue weighted by Gasteiger charge is 2.55. The Balaban J connectivity index is 1.26. The molecule has 2 saturated heterocycles. The number of anilines is 1. The number of carboxylic acids is 3. The number of carbonyl (C=O) groups is 5. The number of quaternary nitrogens is 1. The molecule has 23 heteroatoms. The van der Waals surface area contributed by atoms with Gasteiger partial charge >= 0.3 is 17.9 Å². The third-order valence-electron chi connectivity index (χ3n) is 9.43. The fourth-order valence-electron chi connectivity index (χ4n) is 6.92. The number of phenols is 2. The number of thioether (sulfide) groups is 1. The van der Waals surface area contributed by atoms with Crippen LogP contribution in [-0.4, -0.2) is 128 Å². The lowest BCUT2D eigenvalue weighted by Gasteiger charge is -2.50. The number of oxime groups is 1. The van der Waals surface area contributed by atoms with Crippen LogP contribution in [0.2, 0.25) is 4.34 Å². The summed E-state index contributed by atoms with van der Waals surface area (Å²) >= 11 is 8.14. The van der Waals surface area contributed by atoms with Crippen LogP contribution in [0, 0.1) is 0 Å². The number of amides is 2. The van der Waals surface area contributed by atoms with Gasteiger partial charge in [-0.25, -0.2) is 14.6 Å². The Hall–Kier alpha value is -5.45. The number of nitrogens with zero attached hydrogens (tertiary/aromatic N) is 6. The number of fused-ring (bicyclic) bond motifs is 2. The molecular formula is C32H34ClN8O12S2+. The molecule has 0 spiro atoms. The number of aromatic nitrogens is 3. The predicted octanol–water partition coefficient (Wildman–Crippen LogP) is 0.718. The van der Waals surface area contributed by atoms with Crippen LogP contribution in [0.4, 0.5) is 5.13 Å². The number of aromatic hydroxyl groups is 2. The second-order valence-electron chi connectivity index (χ2n) is 13.0. The van der Waals surface area contributed by atoms with Gasteiger partial charge in [-0.2, -0.15) is 5.10 Å². The van der Waals surface area contributed by atoms with Crippen LogP contribution >= 0.6 is 34.7 Å². The topological polar surface area (TPSA) is 297 Å². The summed E-state index contributed by atoms with van der Waals surface area (Å²) < 4.78 is 1.68.